The van der Waals surface area contributed by atoms with Gasteiger partial charge in [0.15, 0.2) is 0 Å². The van der Waals surface area contributed by atoms with E-state index in [0.717, 1.165) is 11.0 Å². The van der Waals surface area contributed by atoms with Gasteiger partial charge in [-0.25, -0.2) is 0 Å². The third-order valence-electron chi connectivity index (χ3n) is 5.20. The Morgan fingerprint density at radius 3 is 2.08 bits per heavy atom. The summed E-state index contributed by atoms with van der Waals surface area (Å²) in [5.74, 6) is 3.57. The van der Waals surface area contributed by atoms with Crippen LogP contribution in [0.4, 0.5) is 0 Å². The summed E-state index contributed by atoms with van der Waals surface area (Å²) < 4.78 is 0. The van der Waals surface area contributed by atoms with Crippen molar-refractivity contribution >= 4 is 8.07 Å². The zero-order chi connectivity index (χ0) is 8.56. The average molecular weight is 180 g/mol. The Morgan fingerprint density at radius 1 is 1.08 bits per heavy atom. The smallest absolute Gasteiger partial charge is 0.0513 e. The molecule has 0 aliphatic heterocycles. The quantitative estimate of drug-likeness (QED) is 0.542. The van der Waals surface area contributed by atoms with E-state index >= 15 is 0 Å². The summed E-state index contributed by atoms with van der Waals surface area (Å²) in [4.78, 5) is 0. The van der Waals surface area contributed by atoms with E-state index in [0.29, 0.717) is 0 Å². The lowest BCUT2D eigenvalue weighted by molar-refractivity contribution is 0.318. The molecule has 0 heterocycles. The molecule has 0 amide bonds. The van der Waals surface area contributed by atoms with Gasteiger partial charge in [-0.1, -0.05) is 26.1 Å². The maximum absolute atomic E-state index is 2.60. The fourth-order valence-electron chi connectivity index (χ4n) is 4.71. The third-order valence-corrected chi connectivity index (χ3v) is 8.93. The number of hydrogen-bond acceptors (Lipinski definition) is 0. The second-order valence-electron chi connectivity index (χ2n) is 6.39. The first-order valence-corrected chi connectivity index (χ1v) is 9.06. The van der Waals surface area contributed by atoms with Crippen molar-refractivity contribution in [3.63, 3.8) is 0 Å². The highest BCUT2D eigenvalue weighted by atomic mass is 28.3. The number of rotatable bonds is 1. The van der Waals surface area contributed by atoms with Gasteiger partial charge >= 0.3 is 0 Å². The topological polar surface area (TPSA) is 0 Å². The van der Waals surface area contributed by atoms with Crippen molar-refractivity contribution in [2.24, 2.45) is 17.8 Å². The highest BCUT2D eigenvalue weighted by molar-refractivity contribution is 6.80. The molecule has 4 fully saturated rings. The van der Waals surface area contributed by atoms with Crippen molar-refractivity contribution in [1.29, 1.82) is 0 Å². The van der Waals surface area contributed by atoms with Crippen molar-refractivity contribution in [3.05, 3.63) is 0 Å². The van der Waals surface area contributed by atoms with Gasteiger partial charge in [0.25, 0.3) is 0 Å². The maximum Gasteiger partial charge on any atom is 0.0513 e. The van der Waals surface area contributed by atoms with Crippen LogP contribution in [-0.4, -0.2) is 8.07 Å². The lowest BCUT2D eigenvalue weighted by Gasteiger charge is -2.34. The first-order chi connectivity index (χ1) is 5.56. The molecule has 0 aromatic rings. The minimum Gasteiger partial charge on any atom is -0.0691 e. The molecule has 0 aromatic heterocycles. The minimum absolute atomic E-state index is 0.828. The van der Waals surface area contributed by atoms with E-state index in [1.54, 1.807) is 25.7 Å². The Labute approximate surface area is 76.8 Å². The van der Waals surface area contributed by atoms with Crippen molar-refractivity contribution < 1.29 is 0 Å². The van der Waals surface area contributed by atoms with E-state index in [1.165, 1.54) is 11.8 Å². The Bertz CT molecular complexity index is 222. The molecule has 0 radical (unpaired) electrons. The SMILES string of the molecule is C[Si](C)(C)C12C[C@@H]3CCC1C2C3. The summed E-state index contributed by atoms with van der Waals surface area (Å²) in [6.07, 6.45) is 6.43. The van der Waals surface area contributed by atoms with Crippen LogP contribution in [0.25, 0.3) is 0 Å². The van der Waals surface area contributed by atoms with Crippen LogP contribution >= 0.6 is 0 Å². The van der Waals surface area contributed by atoms with E-state index in [-0.39, 0.29) is 0 Å². The molecule has 0 spiro atoms. The standard InChI is InChI=1S/C11H20Si/c1-12(2,3)11-7-8-4-5-9(11)10(11)6-8/h8-10H,4-7H2,1-3H3/t8-,9?,10?,11?/m1/s1. The third kappa shape index (κ3) is 0.627. The van der Waals surface area contributed by atoms with E-state index in [9.17, 15) is 0 Å². The lowest BCUT2D eigenvalue weighted by Crippen LogP contribution is -2.33. The zero-order valence-corrected chi connectivity index (χ0v) is 9.56. The molecule has 68 valence electrons. The lowest BCUT2D eigenvalue weighted by atomic mass is 9.86. The Hall–Kier alpha value is 0.217. The second kappa shape index (κ2) is 1.84. The molecule has 1 heteroatoms. The van der Waals surface area contributed by atoms with Gasteiger partial charge in [-0.15, -0.1) is 0 Å². The van der Waals surface area contributed by atoms with E-state index in [1.807, 2.05) is 0 Å². The number of hydrogen-bond donors (Lipinski definition) is 0. The van der Waals surface area contributed by atoms with Crippen molar-refractivity contribution in [3.8, 4) is 0 Å². The molecule has 4 rings (SSSR count). The molecule has 0 saturated heterocycles. The second-order valence-corrected chi connectivity index (χ2v) is 11.8. The summed E-state index contributed by atoms with van der Waals surface area (Å²) in [6, 6.07) is 0. The van der Waals surface area contributed by atoms with Gasteiger partial charge in [0.1, 0.15) is 0 Å². The predicted molar refractivity (Wildman–Crippen MR) is 55.0 cm³/mol. The molecule has 3 unspecified atom stereocenters. The molecule has 4 bridgehead atoms. The number of fused-ring (bicyclic) bond motifs is 1. The highest BCUT2D eigenvalue weighted by Crippen LogP contribution is 2.84. The summed E-state index contributed by atoms with van der Waals surface area (Å²) in [5, 5.41) is 0.954. The molecular weight excluding hydrogens is 160 g/mol. The van der Waals surface area contributed by atoms with E-state index in [2.05, 4.69) is 19.6 Å². The predicted octanol–water partition coefficient (Wildman–Crippen LogP) is 3.51. The monoisotopic (exact) mass is 180 g/mol. The van der Waals surface area contributed by atoms with Crippen molar-refractivity contribution in [1.82, 2.24) is 0 Å². The van der Waals surface area contributed by atoms with Crippen molar-refractivity contribution in [2.45, 2.75) is 50.4 Å². The fourth-order valence-corrected chi connectivity index (χ4v) is 8.42. The van der Waals surface area contributed by atoms with Crippen LogP contribution in [0.1, 0.15) is 25.7 Å². The average Bonchev–Trinajstić information content (AvgIpc) is 2.51. The van der Waals surface area contributed by atoms with Crippen molar-refractivity contribution in [2.75, 3.05) is 0 Å². The maximum atomic E-state index is 2.60. The van der Waals surface area contributed by atoms with Gasteiger partial charge in [-0.2, -0.15) is 0 Å². The van der Waals surface area contributed by atoms with Gasteiger partial charge in [0.05, 0.1) is 8.07 Å². The van der Waals surface area contributed by atoms with E-state index in [4.69, 9.17) is 0 Å². The molecule has 0 aromatic carbocycles. The normalized spacial score (nSPS) is 55.8. The summed E-state index contributed by atoms with van der Waals surface area (Å²) in [5.41, 5.74) is 0. The molecular formula is C11H20Si. The molecule has 4 atom stereocenters. The molecule has 4 aliphatic carbocycles. The molecule has 4 saturated carbocycles. The summed E-state index contributed by atoms with van der Waals surface area (Å²) >= 11 is 0. The highest BCUT2D eigenvalue weighted by Gasteiger charge is 2.74. The first kappa shape index (κ1) is 7.60. The van der Waals surface area contributed by atoms with Crippen LogP contribution in [0.15, 0.2) is 0 Å². The van der Waals surface area contributed by atoms with Crippen LogP contribution in [0.5, 0.6) is 0 Å². The Balaban J connectivity index is 1.97. The molecule has 0 N–H and O–H groups in total. The minimum atomic E-state index is -0.828. The van der Waals surface area contributed by atoms with Crippen LogP contribution < -0.4 is 0 Å². The van der Waals surface area contributed by atoms with Crippen LogP contribution in [-0.2, 0) is 0 Å². The Kier molecular flexibility index (Phi) is 1.17. The van der Waals surface area contributed by atoms with Gasteiger partial charge < -0.3 is 0 Å². The first-order valence-electron chi connectivity index (χ1n) is 5.56. The zero-order valence-electron chi connectivity index (χ0n) is 8.56. The largest absolute Gasteiger partial charge is 0.0691 e. The van der Waals surface area contributed by atoms with Crippen LogP contribution in [0.2, 0.25) is 24.7 Å². The van der Waals surface area contributed by atoms with Gasteiger partial charge in [0, 0.05) is 0 Å². The summed E-state index contributed by atoms with van der Waals surface area (Å²) in [7, 11) is -0.828. The summed E-state index contributed by atoms with van der Waals surface area (Å²) in [6.45, 7) is 7.81. The van der Waals surface area contributed by atoms with Gasteiger partial charge in [-0.3, -0.25) is 0 Å². The van der Waals surface area contributed by atoms with Gasteiger partial charge in [-0.05, 0) is 42.1 Å². The molecule has 4 aliphatic rings. The van der Waals surface area contributed by atoms with Gasteiger partial charge in [0.2, 0.25) is 0 Å². The fraction of sp³-hybridized carbons (Fsp3) is 1.00. The van der Waals surface area contributed by atoms with Crippen LogP contribution in [0.3, 0.4) is 0 Å². The molecule has 12 heavy (non-hydrogen) atoms. The Morgan fingerprint density at radius 2 is 1.83 bits per heavy atom. The van der Waals surface area contributed by atoms with E-state index < -0.39 is 8.07 Å². The van der Waals surface area contributed by atoms with Crippen LogP contribution in [0, 0.1) is 17.8 Å². The molecule has 0 nitrogen and oxygen atoms in total.